The third-order valence-corrected chi connectivity index (χ3v) is 6.10. The Labute approximate surface area is 185 Å². The fourth-order valence-electron chi connectivity index (χ4n) is 4.69. The van der Waals surface area contributed by atoms with Crippen LogP contribution < -0.4 is 5.73 Å². The molecule has 2 aliphatic rings. The summed E-state index contributed by atoms with van der Waals surface area (Å²) in [7, 11) is 0. The van der Waals surface area contributed by atoms with Crippen molar-refractivity contribution >= 4 is 17.6 Å². The molecule has 155 valence electrons. The van der Waals surface area contributed by atoms with Crippen LogP contribution in [0.25, 0.3) is 0 Å². The van der Waals surface area contributed by atoms with Gasteiger partial charge in [-0.05, 0) is 29.7 Å². The number of nitrogens with two attached hydrogens (primary N) is 1. The predicted molar refractivity (Wildman–Crippen MR) is 120 cm³/mol. The number of carbonyl (C=O) groups is 2. The van der Waals surface area contributed by atoms with E-state index in [0.717, 1.165) is 27.3 Å². The summed E-state index contributed by atoms with van der Waals surface area (Å²) < 4.78 is 0. The molecule has 32 heavy (non-hydrogen) atoms. The van der Waals surface area contributed by atoms with Crippen LogP contribution in [0.2, 0.25) is 0 Å². The zero-order valence-electron chi connectivity index (χ0n) is 17.2. The molecule has 1 fully saturated rings. The van der Waals surface area contributed by atoms with E-state index in [-0.39, 0.29) is 6.54 Å². The van der Waals surface area contributed by atoms with E-state index in [0.29, 0.717) is 23.5 Å². The molecule has 3 aromatic rings. The Hall–Kier alpha value is -4.24. The number of hydrogen-bond donors (Lipinski definition) is 1. The van der Waals surface area contributed by atoms with Crippen LogP contribution in [0.3, 0.4) is 0 Å². The van der Waals surface area contributed by atoms with Gasteiger partial charge in [-0.2, -0.15) is 5.26 Å². The monoisotopic (exact) mass is 419 g/mol. The summed E-state index contributed by atoms with van der Waals surface area (Å²) in [4.78, 5) is 31.5. The Balaban J connectivity index is 1.81. The van der Waals surface area contributed by atoms with E-state index >= 15 is 0 Å². The SMILES string of the molecule is N#Cc1cccc(C2([C]3CCN(C(N)=O)C3=O)N=C(c3ccccc3)c3ccccc32)c1. The molecule has 1 unspecified atom stereocenters. The Morgan fingerprint density at radius 1 is 1.03 bits per heavy atom. The average molecular weight is 419 g/mol. The lowest BCUT2D eigenvalue weighted by atomic mass is 9.72. The predicted octanol–water partition coefficient (Wildman–Crippen LogP) is 3.54. The fourth-order valence-corrected chi connectivity index (χ4v) is 4.69. The molecule has 3 aromatic carbocycles. The van der Waals surface area contributed by atoms with Crippen molar-refractivity contribution in [1.82, 2.24) is 4.90 Å². The van der Waals surface area contributed by atoms with Crippen molar-refractivity contribution in [3.8, 4) is 6.07 Å². The molecular formula is C26H19N4O2. The van der Waals surface area contributed by atoms with Crippen LogP contribution in [0.15, 0.2) is 83.9 Å². The third-order valence-electron chi connectivity index (χ3n) is 6.10. The van der Waals surface area contributed by atoms with Crippen molar-refractivity contribution < 1.29 is 9.59 Å². The molecular weight excluding hydrogens is 400 g/mol. The van der Waals surface area contributed by atoms with Crippen LogP contribution in [0, 0.1) is 17.2 Å². The van der Waals surface area contributed by atoms with E-state index in [4.69, 9.17) is 10.7 Å². The lowest BCUT2D eigenvalue weighted by Crippen LogP contribution is -2.42. The highest BCUT2D eigenvalue weighted by molar-refractivity contribution is 6.17. The lowest BCUT2D eigenvalue weighted by molar-refractivity contribution is -0.124. The molecule has 2 heterocycles. The van der Waals surface area contributed by atoms with Crippen LogP contribution in [0.5, 0.6) is 0 Å². The van der Waals surface area contributed by atoms with Crippen molar-refractivity contribution in [2.45, 2.75) is 12.0 Å². The van der Waals surface area contributed by atoms with Crippen molar-refractivity contribution in [2.75, 3.05) is 6.54 Å². The molecule has 1 radical (unpaired) electrons. The number of amides is 3. The topological polar surface area (TPSA) is 99.5 Å². The number of carbonyl (C=O) groups excluding carboxylic acids is 2. The maximum absolute atomic E-state index is 13.4. The minimum absolute atomic E-state index is 0.210. The van der Waals surface area contributed by atoms with Gasteiger partial charge < -0.3 is 5.73 Å². The number of hydrogen-bond acceptors (Lipinski definition) is 4. The van der Waals surface area contributed by atoms with Gasteiger partial charge in [0.15, 0.2) is 0 Å². The summed E-state index contributed by atoms with van der Waals surface area (Å²) in [6.07, 6.45) is 0.346. The first-order valence-electron chi connectivity index (χ1n) is 10.3. The largest absolute Gasteiger partial charge is 0.351 e. The zero-order chi connectivity index (χ0) is 22.3. The summed E-state index contributed by atoms with van der Waals surface area (Å²) in [5.74, 6) is 0.0532. The van der Waals surface area contributed by atoms with Crippen molar-refractivity contribution in [3.05, 3.63) is 113 Å². The number of fused-ring (bicyclic) bond motifs is 1. The zero-order valence-corrected chi connectivity index (χ0v) is 17.2. The lowest BCUT2D eigenvalue weighted by Gasteiger charge is -2.33. The fraction of sp³-hybridized carbons (Fsp3) is 0.115. The van der Waals surface area contributed by atoms with Gasteiger partial charge >= 0.3 is 6.03 Å². The first-order valence-corrected chi connectivity index (χ1v) is 10.3. The minimum Gasteiger partial charge on any atom is -0.351 e. The number of nitrogens with zero attached hydrogens (tertiary/aromatic N) is 3. The standard InChI is InChI=1S/C26H19N4O2/c27-16-17-7-6-10-19(15-17)26(22-13-14-30(24(22)31)25(28)32)21-12-5-4-11-20(21)23(29-26)18-8-2-1-3-9-18/h1-12,15H,13-14H2,(H2,28,32). The summed E-state index contributed by atoms with van der Waals surface area (Å²) in [5, 5.41) is 9.52. The maximum atomic E-state index is 13.4. The van der Waals surface area contributed by atoms with Gasteiger partial charge in [-0.3, -0.25) is 14.7 Å². The highest BCUT2D eigenvalue weighted by Crippen LogP contribution is 2.52. The minimum atomic E-state index is -1.14. The first-order chi connectivity index (χ1) is 15.6. The van der Waals surface area contributed by atoms with Crippen LogP contribution in [-0.2, 0) is 10.3 Å². The van der Waals surface area contributed by atoms with Crippen LogP contribution >= 0.6 is 0 Å². The van der Waals surface area contributed by atoms with Crippen molar-refractivity contribution in [2.24, 2.45) is 10.7 Å². The number of nitriles is 1. The Morgan fingerprint density at radius 3 is 2.50 bits per heavy atom. The van der Waals surface area contributed by atoms with Crippen LogP contribution in [-0.4, -0.2) is 29.1 Å². The Bertz CT molecular complexity index is 1310. The molecule has 1 saturated heterocycles. The Morgan fingerprint density at radius 2 is 1.78 bits per heavy atom. The second-order valence-corrected chi connectivity index (χ2v) is 7.80. The summed E-state index contributed by atoms with van der Waals surface area (Å²) in [6, 6.07) is 26.1. The van der Waals surface area contributed by atoms with E-state index in [1.165, 1.54) is 0 Å². The van der Waals surface area contributed by atoms with Gasteiger partial charge in [0, 0.05) is 17.7 Å². The van der Waals surface area contributed by atoms with E-state index < -0.39 is 17.5 Å². The third kappa shape index (κ3) is 2.83. The number of urea groups is 1. The number of likely N-dealkylation sites (tertiary alicyclic amines) is 1. The van der Waals surface area contributed by atoms with Gasteiger partial charge in [0.1, 0.15) is 11.5 Å². The molecule has 2 N–H and O–H groups in total. The van der Waals surface area contributed by atoms with E-state index in [1.807, 2.05) is 60.7 Å². The number of imide groups is 1. The van der Waals surface area contributed by atoms with Gasteiger partial charge in [-0.1, -0.05) is 66.7 Å². The van der Waals surface area contributed by atoms with Crippen LogP contribution in [0.1, 0.15) is 34.2 Å². The summed E-state index contributed by atoms with van der Waals surface area (Å²) in [6.45, 7) is 0.210. The molecule has 0 bridgehead atoms. The molecule has 5 rings (SSSR count). The molecule has 0 spiro atoms. The molecule has 3 amide bonds. The Kier molecular flexibility index (Phi) is 4.60. The second-order valence-electron chi connectivity index (χ2n) is 7.80. The van der Waals surface area contributed by atoms with Gasteiger partial charge in [0.25, 0.3) is 0 Å². The molecule has 2 aliphatic heterocycles. The number of primary amides is 1. The first kappa shape index (κ1) is 19.7. The van der Waals surface area contributed by atoms with E-state index in [2.05, 4.69) is 6.07 Å². The van der Waals surface area contributed by atoms with Gasteiger partial charge in [0.05, 0.1) is 17.3 Å². The smallest absolute Gasteiger partial charge is 0.321 e. The van der Waals surface area contributed by atoms with Crippen molar-refractivity contribution in [1.29, 1.82) is 5.26 Å². The van der Waals surface area contributed by atoms with Crippen LogP contribution in [0.4, 0.5) is 4.79 Å². The molecule has 6 nitrogen and oxygen atoms in total. The molecule has 0 aliphatic carbocycles. The van der Waals surface area contributed by atoms with Gasteiger partial charge in [-0.15, -0.1) is 0 Å². The normalized spacial score (nSPS) is 20.0. The van der Waals surface area contributed by atoms with Gasteiger partial charge in [0.2, 0.25) is 5.91 Å². The maximum Gasteiger partial charge on any atom is 0.321 e. The quantitative estimate of drug-likeness (QED) is 0.703. The summed E-state index contributed by atoms with van der Waals surface area (Å²) >= 11 is 0. The van der Waals surface area contributed by atoms with Crippen molar-refractivity contribution in [3.63, 3.8) is 0 Å². The molecule has 1 atom stereocenters. The molecule has 0 aromatic heterocycles. The highest BCUT2D eigenvalue weighted by atomic mass is 16.2. The highest BCUT2D eigenvalue weighted by Gasteiger charge is 2.55. The average Bonchev–Trinajstić information content (AvgIpc) is 3.39. The number of aliphatic imine (C=N–C) groups is 1. The number of rotatable bonds is 3. The van der Waals surface area contributed by atoms with Gasteiger partial charge in [-0.25, -0.2) is 4.79 Å². The second kappa shape index (κ2) is 7.47. The summed E-state index contributed by atoms with van der Waals surface area (Å²) in [5.41, 5.74) is 8.96. The van der Waals surface area contributed by atoms with E-state index in [1.54, 1.807) is 18.2 Å². The number of benzene rings is 3. The molecule has 6 heteroatoms. The van der Waals surface area contributed by atoms with E-state index in [9.17, 15) is 14.9 Å². The molecule has 0 saturated carbocycles.